The number of carbonyl (C=O) groups is 1. The number of anilines is 1. The van der Waals surface area contributed by atoms with Crippen molar-refractivity contribution in [3.8, 4) is 5.75 Å². The van der Waals surface area contributed by atoms with Crippen LogP contribution in [0.5, 0.6) is 5.75 Å². The van der Waals surface area contributed by atoms with Gasteiger partial charge in [0.15, 0.2) is 5.76 Å². The third-order valence-electron chi connectivity index (χ3n) is 4.82. The summed E-state index contributed by atoms with van der Waals surface area (Å²) in [6, 6.07) is 16.6. The number of carbonyl (C=O) groups excluding carboxylic acids is 1. The molecule has 0 aliphatic rings. The maximum Gasteiger partial charge on any atom is 0.293 e. The van der Waals surface area contributed by atoms with E-state index in [0.29, 0.717) is 22.4 Å². The van der Waals surface area contributed by atoms with E-state index in [1.165, 1.54) is 11.9 Å². The highest BCUT2D eigenvalue weighted by Gasteiger charge is 2.14. The van der Waals surface area contributed by atoms with E-state index in [1.807, 2.05) is 30.3 Å². The van der Waals surface area contributed by atoms with Gasteiger partial charge in [0, 0.05) is 0 Å². The van der Waals surface area contributed by atoms with Gasteiger partial charge in [-0.2, -0.15) is 0 Å². The Bertz CT molecular complexity index is 1230. The zero-order chi connectivity index (χ0) is 23.2. The summed E-state index contributed by atoms with van der Waals surface area (Å²) in [6.45, 7) is 2.80. The molecule has 7 nitrogen and oxygen atoms in total. The summed E-state index contributed by atoms with van der Waals surface area (Å²) in [4.78, 5) is 16.6. The zero-order valence-electron chi connectivity index (χ0n) is 17.9. The highest BCUT2D eigenvalue weighted by Crippen LogP contribution is 2.23. The van der Waals surface area contributed by atoms with Gasteiger partial charge < -0.3 is 9.15 Å². The smallest absolute Gasteiger partial charge is 0.293 e. The highest BCUT2D eigenvalue weighted by atomic mass is 35.5. The number of nitrogens with zero attached hydrogens (tertiary/aromatic N) is 3. The first-order valence-corrected chi connectivity index (χ1v) is 11.2. The molecule has 0 atom stereocenters. The quantitative estimate of drug-likeness (QED) is 0.314. The van der Waals surface area contributed by atoms with E-state index in [-0.39, 0.29) is 18.3 Å². The topological polar surface area (TPSA) is 82.2 Å². The van der Waals surface area contributed by atoms with Crippen LogP contribution in [0.15, 0.2) is 65.3 Å². The van der Waals surface area contributed by atoms with Gasteiger partial charge in [0.2, 0.25) is 5.95 Å². The molecule has 0 aliphatic carbocycles. The van der Waals surface area contributed by atoms with Crippen molar-refractivity contribution < 1.29 is 13.9 Å². The molecular formula is C24H22Cl2N4O3. The van der Waals surface area contributed by atoms with Crippen LogP contribution in [-0.2, 0) is 19.6 Å². The van der Waals surface area contributed by atoms with Gasteiger partial charge in [0.25, 0.3) is 5.91 Å². The lowest BCUT2D eigenvalue weighted by Gasteiger charge is -2.05. The standard InChI is InChI=1S/C24H22Cl2N4O3/c1-2-3-16-4-7-18(8-5-16)32-14-19-9-11-22(33-19)23(31)28-24-27-15-30(29-24)13-17-6-10-20(25)21(26)12-17/h4-12,15H,2-3,13-14H2,1H3,(H,28,29,31). The first-order valence-electron chi connectivity index (χ1n) is 10.5. The maximum atomic E-state index is 12.5. The van der Waals surface area contributed by atoms with Crippen LogP contribution in [0.3, 0.4) is 0 Å². The number of ether oxygens (including phenoxy) is 1. The van der Waals surface area contributed by atoms with Gasteiger partial charge in [-0.1, -0.05) is 54.7 Å². The van der Waals surface area contributed by atoms with Gasteiger partial charge in [-0.15, -0.1) is 5.10 Å². The first-order chi connectivity index (χ1) is 16.0. The fraction of sp³-hybridized carbons (Fsp3) is 0.208. The number of nitrogens with one attached hydrogen (secondary N) is 1. The van der Waals surface area contributed by atoms with E-state index >= 15 is 0 Å². The number of aryl methyl sites for hydroxylation is 1. The van der Waals surface area contributed by atoms with Crippen molar-refractivity contribution in [1.82, 2.24) is 14.8 Å². The normalized spacial score (nSPS) is 10.9. The molecule has 2 heterocycles. The summed E-state index contributed by atoms with van der Waals surface area (Å²) < 4.78 is 12.9. The molecule has 0 aliphatic heterocycles. The van der Waals surface area contributed by atoms with Crippen molar-refractivity contribution in [2.45, 2.75) is 32.9 Å². The summed E-state index contributed by atoms with van der Waals surface area (Å²) in [5.41, 5.74) is 2.18. The Morgan fingerprint density at radius 1 is 1.06 bits per heavy atom. The zero-order valence-corrected chi connectivity index (χ0v) is 19.4. The summed E-state index contributed by atoms with van der Waals surface area (Å²) in [7, 11) is 0. The Labute approximate surface area is 201 Å². The molecule has 1 N–H and O–H groups in total. The number of hydrogen-bond acceptors (Lipinski definition) is 5. The highest BCUT2D eigenvalue weighted by molar-refractivity contribution is 6.42. The molecule has 0 spiro atoms. The van der Waals surface area contributed by atoms with Crippen molar-refractivity contribution in [1.29, 1.82) is 0 Å². The minimum absolute atomic E-state index is 0.146. The first kappa shape index (κ1) is 22.9. The van der Waals surface area contributed by atoms with E-state index in [4.69, 9.17) is 32.4 Å². The average molecular weight is 485 g/mol. The minimum atomic E-state index is -0.447. The van der Waals surface area contributed by atoms with Crippen LogP contribution >= 0.6 is 23.2 Å². The van der Waals surface area contributed by atoms with Crippen LogP contribution in [0, 0.1) is 0 Å². The van der Waals surface area contributed by atoms with E-state index in [0.717, 1.165) is 24.2 Å². The SMILES string of the molecule is CCCc1ccc(OCc2ccc(C(=O)Nc3ncn(Cc4ccc(Cl)c(Cl)c4)n3)o2)cc1. The third-order valence-corrected chi connectivity index (χ3v) is 5.56. The molecule has 2 aromatic carbocycles. The van der Waals surface area contributed by atoms with Crippen molar-refractivity contribution in [3.63, 3.8) is 0 Å². The van der Waals surface area contributed by atoms with Crippen LogP contribution in [0.25, 0.3) is 0 Å². The number of hydrogen-bond donors (Lipinski definition) is 1. The molecule has 4 rings (SSSR count). The molecule has 0 bridgehead atoms. The number of rotatable bonds is 9. The number of benzene rings is 2. The van der Waals surface area contributed by atoms with Crippen LogP contribution in [-0.4, -0.2) is 20.7 Å². The maximum absolute atomic E-state index is 12.5. The molecule has 0 unspecified atom stereocenters. The molecule has 0 radical (unpaired) electrons. The van der Waals surface area contributed by atoms with Gasteiger partial charge in [0.05, 0.1) is 16.6 Å². The van der Waals surface area contributed by atoms with Gasteiger partial charge in [-0.25, -0.2) is 9.67 Å². The average Bonchev–Trinajstić information content (AvgIpc) is 3.46. The van der Waals surface area contributed by atoms with Gasteiger partial charge in [-0.05, 0) is 53.9 Å². The lowest BCUT2D eigenvalue weighted by Crippen LogP contribution is -2.12. The Balaban J connectivity index is 1.30. The van der Waals surface area contributed by atoms with Gasteiger partial charge in [-0.3, -0.25) is 10.1 Å². The fourth-order valence-electron chi connectivity index (χ4n) is 3.19. The molecule has 0 saturated heterocycles. The van der Waals surface area contributed by atoms with Gasteiger partial charge >= 0.3 is 0 Å². The Kier molecular flexibility index (Phi) is 7.32. The van der Waals surface area contributed by atoms with Crippen molar-refractivity contribution >= 4 is 35.1 Å². The van der Waals surface area contributed by atoms with Crippen molar-refractivity contribution in [2.75, 3.05) is 5.32 Å². The van der Waals surface area contributed by atoms with Crippen LogP contribution in [0.1, 0.15) is 40.8 Å². The van der Waals surface area contributed by atoms with Crippen LogP contribution < -0.4 is 10.1 Å². The van der Waals surface area contributed by atoms with Gasteiger partial charge in [0.1, 0.15) is 24.4 Å². The van der Waals surface area contributed by atoms with Crippen molar-refractivity contribution in [2.24, 2.45) is 0 Å². The fourth-order valence-corrected chi connectivity index (χ4v) is 3.51. The molecule has 9 heteroatoms. The second-order valence-corrected chi connectivity index (χ2v) is 8.23. The summed E-state index contributed by atoms with van der Waals surface area (Å²) in [6.07, 6.45) is 3.66. The Hall–Kier alpha value is -3.29. The number of halogens is 2. The molecule has 33 heavy (non-hydrogen) atoms. The number of amides is 1. The third kappa shape index (κ3) is 6.15. The predicted molar refractivity (Wildman–Crippen MR) is 127 cm³/mol. The Morgan fingerprint density at radius 2 is 1.85 bits per heavy atom. The summed E-state index contributed by atoms with van der Waals surface area (Å²) in [5, 5.41) is 7.84. The lowest BCUT2D eigenvalue weighted by molar-refractivity contribution is 0.0991. The van der Waals surface area contributed by atoms with Crippen LogP contribution in [0.2, 0.25) is 10.0 Å². The molecule has 4 aromatic rings. The summed E-state index contributed by atoms with van der Waals surface area (Å²) in [5.74, 6) is 1.15. The molecule has 0 fully saturated rings. The Morgan fingerprint density at radius 3 is 2.61 bits per heavy atom. The predicted octanol–water partition coefficient (Wildman–Crippen LogP) is 6.01. The number of furan rings is 1. The number of aromatic nitrogens is 3. The van der Waals surface area contributed by atoms with E-state index < -0.39 is 5.91 Å². The monoisotopic (exact) mass is 484 g/mol. The van der Waals surface area contributed by atoms with E-state index in [9.17, 15) is 4.79 Å². The molecular weight excluding hydrogens is 463 g/mol. The lowest BCUT2D eigenvalue weighted by atomic mass is 10.1. The molecule has 2 aromatic heterocycles. The van der Waals surface area contributed by atoms with E-state index in [1.54, 1.807) is 28.9 Å². The minimum Gasteiger partial charge on any atom is -0.486 e. The van der Waals surface area contributed by atoms with Crippen LogP contribution in [0.4, 0.5) is 5.95 Å². The molecule has 170 valence electrons. The van der Waals surface area contributed by atoms with E-state index in [2.05, 4.69) is 22.3 Å². The second kappa shape index (κ2) is 10.6. The molecule has 1 amide bonds. The largest absolute Gasteiger partial charge is 0.486 e. The molecule has 0 saturated carbocycles. The van der Waals surface area contributed by atoms with Crippen molar-refractivity contribution in [3.05, 3.63) is 93.6 Å². The second-order valence-electron chi connectivity index (χ2n) is 7.42. The summed E-state index contributed by atoms with van der Waals surface area (Å²) >= 11 is 12.0.